The van der Waals surface area contributed by atoms with Gasteiger partial charge in [-0.2, -0.15) is 4.31 Å². The number of rotatable bonds is 6. The fourth-order valence-electron chi connectivity index (χ4n) is 1.79. The van der Waals surface area contributed by atoms with E-state index in [1.807, 2.05) is 0 Å². The number of amides is 1. The van der Waals surface area contributed by atoms with E-state index in [1.165, 1.54) is 4.31 Å². The molecule has 0 fully saturated rings. The minimum absolute atomic E-state index is 0.141. The van der Waals surface area contributed by atoms with Crippen molar-refractivity contribution in [3.8, 4) is 0 Å². The monoisotopic (exact) mass is 318 g/mol. The Balaban J connectivity index is 2.55. The van der Waals surface area contributed by atoms with Crippen LogP contribution < -0.4 is 5.32 Å². The van der Waals surface area contributed by atoms with E-state index in [0.717, 1.165) is 6.26 Å². The van der Waals surface area contributed by atoms with Crippen LogP contribution >= 0.6 is 11.6 Å². The fourth-order valence-corrected chi connectivity index (χ4v) is 3.10. The van der Waals surface area contributed by atoms with Crippen molar-refractivity contribution in [2.45, 2.75) is 19.9 Å². The molecule has 0 atom stereocenters. The Labute approximate surface area is 125 Å². The van der Waals surface area contributed by atoms with E-state index in [4.69, 9.17) is 11.6 Å². The molecule has 0 heterocycles. The van der Waals surface area contributed by atoms with Crippen LogP contribution in [0.1, 0.15) is 24.2 Å². The maximum Gasteiger partial charge on any atom is 0.251 e. The number of nitrogens with zero attached hydrogens (tertiary/aromatic N) is 1. The number of nitrogens with one attached hydrogen (secondary N) is 1. The highest BCUT2D eigenvalue weighted by Crippen LogP contribution is 2.09. The summed E-state index contributed by atoms with van der Waals surface area (Å²) < 4.78 is 24.5. The van der Waals surface area contributed by atoms with Gasteiger partial charge in [0.1, 0.15) is 0 Å². The van der Waals surface area contributed by atoms with Crippen LogP contribution in [-0.2, 0) is 10.0 Å². The molecule has 0 aromatic heterocycles. The number of sulfonamides is 1. The third-order valence-electron chi connectivity index (χ3n) is 2.73. The molecule has 1 amide bonds. The van der Waals surface area contributed by atoms with Crippen molar-refractivity contribution in [3.63, 3.8) is 0 Å². The molecular weight excluding hydrogens is 300 g/mol. The molecule has 1 aromatic rings. The lowest BCUT2D eigenvalue weighted by Crippen LogP contribution is -2.41. The number of hydrogen-bond acceptors (Lipinski definition) is 3. The number of carbonyl (C=O) groups excluding carboxylic acids is 1. The Kier molecular flexibility index (Phi) is 5.98. The SMILES string of the molecule is CC(C)N(CCNC(=O)c1ccc(Cl)cc1)S(C)(=O)=O. The van der Waals surface area contributed by atoms with Gasteiger partial charge in [-0.15, -0.1) is 0 Å². The van der Waals surface area contributed by atoms with E-state index in [9.17, 15) is 13.2 Å². The smallest absolute Gasteiger partial charge is 0.251 e. The van der Waals surface area contributed by atoms with Crippen LogP contribution in [-0.4, -0.2) is 44.0 Å². The molecule has 1 aromatic carbocycles. The van der Waals surface area contributed by atoms with Gasteiger partial charge in [0.2, 0.25) is 10.0 Å². The Bertz CT molecular complexity index is 555. The van der Waals surface area contributed by atoms with Crippen LogP contribution in [0.3, 0.4) is 0 Å². The highest BCUT2D eigenvalue weighted by atomic mass is 35.5. The van der Waals surface area contributed by atoms with Gasteiger partial charge in [0.25, 0.3) is 5.91 Å². The number of carbonyl (C=O) groups is 1. The van der Waals surface area contributed by atoms with Crippen LogP contribution in [0, 0.1) is 0 Å². The third kappa shape index (κ3) is 5.11. The molecule has 0 aliphatic rings. The molecule has 1 rings (SSSR count). The zero-order chi connectivity index (χ0) is 15.3. The van der Waals surface area contributed by atoms with E-state index >= 15 is 0 Å². The number of halogens is 1. The molecule has 0 aliphatic carbocycles. The van der Waals surface area contributed by atoms with E-state index in [0.29, 0.717) is 10.6 Å². The lowest BCUT2D eigenvalue weighted by atomic mass is 10.2. The molecule has 0 radical (unpaired) electrons. The fraction of sp³-hybridized carbons (Fsp3) is 0.462. The van der Waals surface area contributed by atoms with Crippen LogP contribution in [0.2, 0.25) is 5.02 Å². The molecule has 0 saturated heterocycles. The molecule has 5 nitrogen and oxygen atoms in total. The molecule has 20 heavy (non-hydrogen) atoms. The highest BCUT2D eigenvalue weighted by molar-refractivity contribution is 7.88. The van der Waals surface area contributed by atoms with Crippen molar-refractivity contribution in [1.82, 2.24) is 9.62 Å². The number of benzene rings is 1. The summed E-state index contributed by atoms with van der Waals surface area (Å²) in [6, 6.07) is 6.36. The van der Waals surface area contributed by atoms with Crippen molar-refractivity contribution in [1.29, 1.82) is 0 Å². The van der Waals surface area contributed by atoms with Crippen molar-refractivity contribution < 1.29 is 13.2 Å². The molecule has 7 heteroatoms. The van der Waals surface area contributed by atoms with Gasteiger partial charge in [-0.1, -0.05) is 11.6 Å². The molecule has 0 bridgehead atoms. The van der Waals surface area contributed by atoms with Crippen LogP contribution in [0.25, 0.3) is 0 Å². The van der Waals surface area contributed by atoms with E-state index in [-0.39, 0.29) is 25.0 Å². The lowest BCUT2D eigenvalue weighted by molar-refractivity contribution is 0.0950. The maximum absolute atomic E-state index is 11.8. The summed E-state index contributed by atoms with van der Waals surface area (Å²) in [7, 11) is -3.27. The van der Waals surface area contributed by atoms with E-state index < -0.39 is 10.0 Å². The van der Waals surface area contributed by atoms with Crippen LogP contribution in [0.5, 0.6) is 0 Å². The number of hydrogen-bond donors (Lipinski definition) is 1. The zero-order valence-corrected chi connectivity index (χ0v) is 13.3. The quantitative estimate of drug-likeness (QED) is 0.869. The van der Waals surface area contributed by atoms with Gasteiger partial charge in [-0.3, -0.25) is 4.79 Å². The minimum Gasteiger partial charge on any atom is -0.351 e. The largest absolute Gasteiger partial charge is 0.351 e. The summed E-state index contributed by atoms with van der Waals surface area (Å²) in [5.74, 6) is -0.251. The molecule has 1 N–H and O–H groups in total. The topological polar surface area (TPSA) is 66.5 Å². The molecule has 0 saturated carbocycles. The zero-order valence-electron chi connectivity index (χ0n) is 11.8. The van der Waals surface area contributed by atoms with Gasteiger partial charge in [0, 0.05) is 29.7 Å². The summed E-state index contributed by atoms with van der Waals surface area (Å²) in [6.07, 6.45) is 1.16. The van der Waals surface area contributed by atoms with Crippen LogP contribution in [0.15, 0.2) is 24.3 Å². The lowest BCUT2D eigenvalue weighted by Gasteiger charge is -2.23. The Morgan fingerprint density at radius 1 is 1.30 bits per heavy atom. The molecule has 112 valence electrons. The summed E-state index contributed by atoms with van der Waals surface area (Å²) in [5, 5.41) is 3.25. The highest BCUT2D eigenvalue weighted by Gasteiger charge is 2.19. The van der Waals surface area contributed by atoms with Crippen molar-refractivity contribution in [3.05, 3.63) is 34.9 Å². The second kappa shape index (κ2) is 7.06. The van der Waals surface area contributed by atoms with E-state index in [1.54, 1.807) is 38.1 Å². The van der Waals surface area contributed by atoms with Gasteiger partial charge in [0.05, 0.1) is 6.26 Å². The van der Waals surface area contributed by atoms with Gasteiger partial charge < -0.3 is 5.32 Å². The van der Waals surface area contributed by atoms with Gasteiger partial charge >= 0.3 is 0 Å². The molecule has 0 aliphatic heterocycles. The Morgan fingerprint density at radius 2 is 1.85 bits per heavy atom. The normalized spacial score (nSPS) is 11.9. The van der Waals surface area contributed by atoms with Gasteiger partial charge in [-0.25, -0.2) is 8.42 Å². The maximum atomic E-state index is 11.8. The first-order valence-corrected chi connectivity index (χ1v) is 8.45. The van der Waals surface area contributed by atoms with Gasteiger partial charge in [-0.05, 0) is 38.1 Å². The Morgan fingerprint density at radius 3 is 2.30 bits per heavy atom. The second-order valence-corrected chi connectivity index (χ2v) is 7.10. The van der Waals surface area contributed by atoms with Gasteiger partial charge in [0.15, 0.2) is 0 Å². The average molecular weight is 319 g/mol. The third-order valence-corrected chi connectivity index (χ3v) is 4.43. The predicted octanol–water partition coefficient (Wildman–Crippen LogP) is 1.74. The molecular formula is C13H19ClN2O3S. The predicted molar refractivity (Wildman–Crippen MR) is 80.5 cm³/mol. The summed E-state index contributed by atoms with van der Waals surface area (Å²) in [4.78, 5) is 11.8. The van der Waals surface area contributed by atoms with Crippen molar-refractivity contribution in [2.24, 2.45) is 0 Å². The standard InChI is InChI=1S/C13H19ClN2O3S/c1-10(2)16(20(3,18)19)9-8-15-13(17)11-4-6-12(14)7-5-11/h4-7,10H,8-9H2,1-3H3,(H,15,17). The molecule has 0 unspecified atom stereocenters. The van der Waals surface area contributed by atoms with Crippen LogP contribution in [0.4, 0.5) is 0 Å². The first-order chi connectivity index (χ1) is 9.21. The second-order valence-electron chi connectivity index (χ2n) is 4.73. The average Bonchev–Trinajstić information content (AvgIpc) is 2.33. The first-order valence-electron chi connectivity index (χ1n) is 6.22. The molecule has 0 spiro atoms. The van der Waals surface area contributed by atoms with Crippen molar-refractivity contribution >= 4 is 27.5 Å². The van der Waals surface area contributed by atoms with Crippen molar-refractivity contribution in [2.75, 3.05) is 19.3 Å². The van der Waals surface area contributed by atoms with E-state index in [2.05, 4.69) is 5.32 Å². The minimum atomic E-state index is -3.27. The first kappa shape index (κ1) is 16.9. The Hall–Kier alpha value is -1.11. The summed E-state index contributed by atoms with van der Waals surface area (Å²) in [5.41, 5.74) is 0.491. The summed E-state index contributed by atoms with van der Waals surface area (Å²) >= 11 is 5.74. The summed E-state index contributed by atoms with van der Waals surface area (Å²) in [6.45, 7) is 4.09.